The number of hydrogen-bond acceptors (Lipinski definition) is 2. The number of aliphatic hydroxyl groups is 1. The van der Waals surface area contributed by atoms with Gasteiger partial charge in [0, 0.05) is 6.04 Å². The molecule has 3 heteroatoms. The summed E-state index contributed by atoms with van der Waals surface area (Å²) in [5.41, 5.74) is 0. The fourth-order valence-electron chi connectivity index (χ4n) is 1.36. The zero-order valence-corrected chi connectivity index (χ0v) is 7.16. The van der Waals surface area contributed by atoms with Gasteiger partial charge in [-0.15, -0.1) is 12.4 Å². The molecule has 0 saturated carbocycles. The molecular weight excluding hydrogens is 150 g/mol. The van der Waals surface area contributed by atoms with E-state index in [2.05, 4.69) is 12.2 Å². The number of halogens is 1. The Labute approximate surface area is 68.4 Å². The highest BCUT2D eigenvalue weighted by Gasteiger charge is 2.16. The van der Waals surface area contributed by atoms with Crippen LogP contribution in [0.1, 0.15) is 19.8 Å². The molecular formula is C7H16ClNO. The number of nitrogens with one attached hydrogen (secondary N) is 1. The lowest BCUT2D eigenvalue weighted by Crippen LogP contribution is -2.39. The topological polar surface area (TPSA) is 32.3 Å². The quantitative estimate of drug-likeness (QED) is 0.602. The molecule has 0 aromatic heterocycles. The van der Waals surface area contributed by atoms with E-state index in [1.807, 2.05) is 0 Å². The summed E-state index contributed by atoms with van der Waals surface area (Å²) < 4.78 is 0. The molecule has 0 amide bonds. The van der Waals surface area contributed by atoms with E-state index >= 15 is 0 Å². The van der Waals surface area contributed by atoms with Gasteiger partial charge in [-0.3, -0.25) is 0 Å². The van der Waals surface area contributed by atoms with Gasteiger partial charge in [-0.2, -0.15) is 0 Å². The predicted molar refractivity (Wildman–Crippen MR) is 44.5 cm³/mol. The SMILES string of the molecule is C[C@H]1CCN[C@@H](CO)C1.Cl. The van der Waals surface area contributed by atoms with Crippen LogP contribution in [0, 0.1) is 5.92 Å². The van der Waals surface area contributed by atoms with Gasteiger partial charge in [0.15, 0.2) is 0 Å². The molecule has 0 spiro atoms. The number of piperidine rings is 1. The Morgan fingerprint density at radius 2 is 2.30 bits per heavy atom. The molecule has 0 aromatic rings. The van der Waals surface area contributed by atoms with E-state index in [0.717, 1.165) is 18.9 Å². The average molecular weight is 166 g/mol. The molecule has 10 heavy (non-hydrogen) atoms. The monoisotopic (exact) mass is 165 g/mol. The Morgan fingerprint density at radius 1 is 1.60 bits per heavy atom. The number of hydrogen-bond donors (Lipinski definition) is 2. The van der Waals surface area contributed by atoms with Crippen molar-refractivity contribution in [2.24, 2.45) is 5.92 Å². The first kappa shape index (κ1) is 10.2. The van der Waals surface area contributed by atoms with Crippen LogP contribution < -0.4 is 5.32 Å². The van der Waals surface area contributed by atoms with E-state index in [1.54, 1.807) is 0 Å². The van der Waals surface area contributed by atoms with Crippen molar-refractivity contribution in [3.63, 3.8) is 0 Å². The van der Waals surface area contributed by atoms with Crippen molar-refractivity contribution in [2.75, 3.05) is 13.2 Å². The Kier molecular flexibility index (Phi) is 5.04. The van der Waals surface area contributed by atoms with Gasteiger partial charge in [0.2, 0.25) is 0 Å². The summed E-state index contributed by atoms with van der Waals surface area (Å²) in [5.74, 6) is 0.795. The molecule has 1 fully saturated rings. The minimum Gasteiger partial charge on any atom is -0.395 e. The van der Waals surface area contributed by atoms with Crippen molar-refractivity contribution < 1.29 is 5.11 Å². The van der Waals surface area contributed by atoms with Crippen LogP contribution >= 0.6 is 12.4 Å². The zero-order valence-electron chi connectivity index (χ0n) is 6.34. The van der Waals surface area contributed by atoms with Gasteiger partial charge in [0.1, 0.15) is 0 Å². The van der Waals surface area contributed by atoms with E-state index in [-0.39, 0.29) is 12.4 Å². The second-order valence-electron chi connectivity index (χ2n) is 2.96. The summed E-state index contributed by atoms with van der Waals surface area (Å²) in [6.07, 6.45) is 2.40. The molecule has 0 radical (unpaired) electrons. The van der Waals surface area contributed by atoms with Crippen molar-refractivity contribution in [1.82, 2.24) is 5.32 Å². The normalized spacial score (nSPS) is 33.0. The third-order valence-electron chi connectivity index (χ3n) is 1.98. The van der Waals surface area contributed by atoms with Crippen LogP contribution in [0.5, 0.6) is 0 Å². The molecule has 1 aliphatic heterocycles. The van der Waals surface area contributed by atoms with Gasteiger partial charge in [0.05, 0.1) is 6.61 Å². The maximum atomic E-state index is 8.75. The molecule has 1 saturated heterocycles. The number of aliphatic hydroxyl groups excluding tert-OH is 1. The predicted octanol–water partition coefficient (Wildman–Crippen LogP) is 0.789. The first-order valence-electron chi connectivity index (χ1n) is 3.67. The van der Waals surface area contributed by atoms with Gasteiger partial charge < -0.3 is 10.4 Å². The molecule has 1 heterocycles. The van der Waals surface area contributed by atoms with Gasteiger partial charge in [-0.25, -0.2) is 0 Å². The van der Waals surface area contributed by atoms with Crippen LogP contribution in [0.3, 0.4) is 0 Å². The van der Waals surface area contributed by atoms with E-state index < -0.39 is 0 Å². The molecule has 0 aliphatic carbocycles. The molecule has 0 unspecified atom stereocenters. The van der Waals surface area contributed by atoms with Crippen LogP contribution in [-0.2, 0) is 0 Å². The highest BCUT2D eigenvalue weighted by atomic mass is 35.5. The zero-order chi connectivity index (χ0) is 6.69. The number of rotatable bonds is 1. The van der Waals surface area contributed by atoms with Crippen molar-refractivity contribution in [1.29, 1.82) is 0 Å². The summed E-state index contributed by atoms with van der Waals surface area (Å²) >= 11 is 0. The lowest BCUT2D eigenvalue weighted by Gasteiger charge is -2.26. The van der Waals surface area contributed by atoms with E-state index in [1.165, 1.54) is 6.42 Å². The van der Waals surface area contributed by atoms with Crippen LogP contribution in [0.15, 0.2) is 0 Å². The van der Waals surface area contributed by atoms with E-state index in [0.29, 0.717) is 12.6 Å². The molecule has 2 N–H and O–H groups in total. The first-order valence-corrected chi connectivity index (χ1v) is 3.67. The Morgan fingerprint density at radius 3 is 2.70 bits per heavy atom. The maximum absolute atomic E-state index is 8.75. The molecule has 62 valence electrons. The molecule has 1 aliphatic rings. The van der Waals surface area contributed by atoms with Crippen LogP contribution in [0.25, 0.3) is 0 Å². The smallest absolute Gasteiger partial charge is 0.0584 e. The van der Waals surface area contributed by atoms with Crippen LogP contribution in [0.4, 0.5) is 0 Å². The van der Waals surface area contributed by atoms with E-state index in [4.69, 9.17) is 5.11 Å². The van der Waals surface area contributed by atoms with Gasteiger partial charge in [0.25, 0.3) is 0 Å². The standard InChI is InChI=1S/C7H15NO.ClH/c1-6-2-3-8-7(4-6)5-9;/h6-9H,2-5H2,1H3;1H/t6-,7+;/m0./s1. The summed E-state index contributed by atoms with van der Waals surface area (Å²) in [6.45, 7) is 3.61. The third kappa shape index (κ3) is 2.86. The summed E-state index contributed by atoms with van der Waals surface area (Å²) in [4.78, 5) is 0. The third-order valence-corrected chi connectivity index (χ3v) is 1.98. The first-order chi connectivity index (χ1) is 4.33. The van der Waals surface area contributed by atoms with Crippen molar-refractivity contribution in [2.45, 2.75) is 25.8 Å². The van der Waals surface area contributed by atoms with Crippen molar-refractivity contribution >= 4 is 12.4 Å². The highest BCUT2D eigenvalue weighted by Crippen LogP contribution is 2.13. The fraction of sp³-hybridized carbons (Fsp3) is 1.00. The minimum atomic E-state index is 0. The Bertz CT molecular complexity index is 89.7. The molecule has 2 nitrogen and oxygen atoms in total. The molecule has 2 atom stereocenters. The molecule has 1 rings (SSSR count). The lowest BCUT2D eigenvalue weighted by atomic mass is 9.95. The average Bonchev–Trinajstić information content (AvgIpc) is 1.88. The molecule has 0 aromatic carbocycles. The van der Waals surface area contributed by atoms with Crippen LogP contribution in [-0.4, -0.2) is 24.3 Å². The maximum Gasteiger partial charge on any atom is 0.0584 e. The largest absolute Gasteiger partial charge is 0.395 e. The van der Waals surface area contributed by atoms with Gasteiger partial charge in [-0.05, 0) is 25.3 Å². The lowest BCUT2D eigenvalue weighted by molar-refractivity contribution is 0.198. The van der Waals surface area contributed by atoms with E-state index in [9.17, 15) is 0 Å². The summed E-state index contributed by atoms with van der Waals surface area (Å²) in [7, 11) is 0. The van der Waals surface area contributed by atoms with Crippen molar-refractivity contribution in [3.05, 3.63) is 0 Å². The van der Waals surface area contributed by atoms with Crippen molar-refractivity contribution in [3.8, 4) is 0 Å². The summed E-state index contributed by atoms with van der Waals surface area (Å²) in [6, 6.07) is 0.369. The second kappa shape index (κ2) is 4.94. The summed E-state index contributed by atoms with van der Waals surface area (Å²) in [5, 5.41) is 12.0. The Hall–Kier alpha value is 0.210. The van der Waals surface area contributed by atoms with Gasteiger partial charge in [-0.1, -0.05) is 6.92 Å². The minimum absolute atomic E-state index is 0. The second-order valence-corrected chi connectivity index (χ2v) is 2.96. The van der Waals surface area contributed by atoms with Gasteiger partial charge >= 0.3 is 0 Å². The highest BCUT2D eigenvalue weighted by molar-refractivity contribution is 5.85. The molecule has 0 bridgehead atoms. The fourth-order valence-corrected chi connectivity index (χ4v) is 1.36. The van der Waals surface area contributed by atoms with Crippen LogP contribution in [0.2, 0.25) is 0 Å². The Balaban J connectivity index is 0.000000810.